The Bertz CT molecular complexity index is 837. The van der Waals surface area contributed by atoms with Crippen LogP contribution >= 0.6 is 7.60 Å². The highest BCUT2D eigenvalue weighted by molar-refractivity contribution is 7.54. The highest BCUT2D eigenvalue weighted by Gasteiger charge is 2.40. The van der Waals surface area contributed by atoms with E-state index in [0.29, 0.717) is 5.56 Å². The molecule has 0 saturated carbocycles. The summed E-state index contributed by atoms with van der Waals surface area (Å²) >= 11 is 0. The van der Waals surface area contributed by atoms with Crippen LogP contribution in [0.5, 0.6) is 0 Å². The largest absolute Gasteiger partial charge is 0.416 e. The van der Waals surface area contributed by atoms with Gasteiger partial charge in [0.05, 0.1) is 17.8 Å². The van der Waals surface area contributed by atoms with Gasteiger partial charge < -0.3 is 14.4 Å². The summed E-state index contributed by atoms with van der Waals surface area (Å²) in [7, 11) is -3.79. The Labute approximate surface area is 170 Å². The standard InChI is InChI=1S/C21H27F3NO3P/c1-14(2)27-29(26,28-15(3)4)20(17-11-9-16(5)10-12-17)25-19-8-6-7-18(13-19)21(22,23)24/h6-15,20,25H,1-5H3/t20-/m1/s1. The van der Waals surface area contributed by atoms with Gasteiger partial charge in [0.2, 0.25) is 0 Å². The van der Waals surface area contributed by atoms with Gasteiger partial charge in [-0.05, 0) is 58.4 Å². The molecule has 8 heteroatoms. The lowest BCUT2D eigenvalue weighted by atomic mass is 10.1. The molecule has 0 aliphatic rings. The molecular weight excluding hydrogens is 402 g/mol. The van der Waals surface area contributed by atoms with Crippen molar-refractivity contribution in [1.82, 2.24) is 0 Å². The van der Waals surface area contributed by atoms with Crippen LogP contribution in [0.2, 0.25) is 0 Å². The second kappa shape index (κ2) is 9.33. The average molecular weight is 429 g/mol. The Hall–Kier alpha value is -1.82. The second-order valence-corrected chi connectivity index (χ2v) is 9.40. The molecule has 160 valence electrons. The van der Waals surface area contributed by atoms with Crippen molar-refractivity contribution in [3.05, 3.63) is 65.2 Å². The Balaban J connectivity index is 2.52. The molecule has 0 amide bonds. The van der Waals surface area contributed by atoms with Crippen molar-refractivity contribution in [2.45, 2.75) is 58.8 Å². The zero-order valence-corrected chi connectivity index (χ0v) is 18.1. The zero-order valence-electron chi connectivity index (χ0n) is 17.2. The van der Waals surface area contributed by atoms with E-state index in [-0.39, 0.29) is 5.69 Å². The predicted octanol–water partition coefficient (Wildman–Crippen LogP) is 7.17. The van der Waals surface area contributed by atoms with E-state index in [1.807, 2.05) is 19.1 Å². The van der Waals surface area contributed by atoms with Crippen LogP contribution in [0, 0.1) is 6.92 Å². The minimum absolute atomic E-state index is 0.172. The Morgan fingerprint density at radius 3 is 1.97 bits per heavy atom. The van der Waals surface area contributed by atoms with Crippen LogP contribution in [0.1, 0.15) is 50.2 Å². The van der Waals surface area contributed by atoms with Crippen molar-refractivity contribution in [2.24, 2.45) is 0 Å². The number of benzene rings is 2. The van der Waals surface area contributed by atoms with Crippen molar-refractivity contribution in [3.63, 3.8) is 0 Å². The molecule has 0 aliphatic heterocycles. The summed E-state index contributed by atoms with van der Waals surface area (Å²) in [5.41, 5.74) is 0.966. The first-order valence-corrected chi connectivity index (χ1v) is 11.0. The fraction of sp³-hybridized carbons (Fsp3) is 0.429. The Morgan fingerprint density at radius 2 is 1.48 bits per heavy atom. The molecule has 0 fully saturated rings. The van der Waals surface area contributed by atoms with Gasteiger partial charge in [0.15, 0.2) is 5.78 Å². The molecule has 1 N–H and O–H groups in total. The van der Waals surface area contributed by atoms with E-state index in [0.717, 1.165) is 17.7 Å². The van der Waals surface area contributed by atoms with Crippen LogP contribution < -0.4 is 5.32 Å². The fourth-order valence-electron chi connectivity index (χ4n) is 2.77. The van der Waals surface area contributed by atoms with Crippen molar-refractivity contribution in [3.8, 4) is 0 Å². The van der Waals surface area contributed by atoms with Crippen molar-refractivity contribution in [2.75, 3.05) is 5.32 Å². The van der Waals surface area contributed by atoms with Gasteiger partial charge in [-0.25, -0.2) is 0 Å². The molecular formula is C21H27F3NO3P. The average Bonchev–Trinajstić information content (AvgIpc) is 2.58. The molecule has 0 heterocycles. The lowest BCUT2D eigenvalue weighted by Gasteiger charge is -2.31. The quantitative estimate of drug-likeness (QED) is 0.452. The number of hydrogen-bond donors (Lipinski definition) is 1. The molecule has 0 bridgehead atoms. The molecule has 0 radical (unpaired) electrons. The number of hydrogen-bond acceptors (Lipinski definition) is 4. The van der Waals surface area contributed by atoms with Crippen molar-refractivity contribution >= 4 is 13.3 Å². The van der Waals surface area contributed by atoms with Crippen molar-refractivity contribution in [1.29, 1.82) is 0 Å². The lowest BCUT2D eigenvalue weighted by Crippen LogP contribution is -2.19. The maximum absolute atomic E-state index is 13.8. The molecule has 0 saturated heterocycles. The van der Waals surface area contributed by atoms with E-state index in [9.17, 15) is 17.7 Å². The maximum Gasteiger partial charge on any atom is 0.416 e. The van der Waals surface area contributed by atoms with Crippen LogP contribution in [0.3, 0.4) is 0 Å². The zero-order chi connectivity index (χ0) is 21.8. The first kappa shape index (κ1) is 23.5. The minimum atomic E-state index is -4.48. The third-order valence-electron chi connectivity index (χ3n) is 3.92. The van der Waals surface area contributed by atoms with Gasteiger partial charge >= 0.3 is 13.8 Å². The van der Waals surface area contributed by atoms with Crippen LogP contribution in [0.15, 0.2) is 48.5 Å². The molecule has 2 aromatic carbocycles. The normalized spacial score (nSPS) is 13.7. The highest BCUT2D eigenvalue weighted by atomic mass is 31.2. The Morgan fingerprint density at radius 1 is 0.931 bits per heavy atom. The van der Waals surface area contributed by atoms with Gasteiger partial charge in [-0.2, -0.15) is 13.2 Å². The van der Waals surface area contributed by atoms with E-state index < -0.39 is 37.3 Å². The molecule has 0 aliphatic carbocycles. The highest BCUT2D eigenvalue weighted by Crippen LogP contribution is 2.62. The first-order valence-electron chi connectivity index (χ1n) is 9.37. The van der Waals surface area contributed by atoms with E-state index in [2.05, 4.69) is 5.32 Å². The monoisotopic (exact) mass is 429 g/mol. The summed E-state index contributed by atoms with van der Waals surface area (Å²) < 4.78 is 64.6. The summed E-state index contributed by atoms with van der Waals surface area (Å²) in [6.07, 6.45) is -5.30. The van der Waals surface area contributed by atoms with Crippen LogP contribution in [0.25, 0.3) is 0 Å². The van der Waals surface area contributed by atoms with Crippen molar-refractivity contribution < 1.29 is 26.8 Å². The number of aryl methyl sites for hydroxylation is 1. The molecule has 29 heavy (non-hydrogen) atoms. The minimum Gasteiger partial charge on any atom is -0.368 e. The summed E-state index contributed by atoms with van der Waals surface area (Å²) in [5.74, 6) is -0.976. The van der Waals surface area contributed by atoms with Gasteiger partial charge in [-0.3, -0.25) is 4.57 Å². The van der Waals surface area contributed by atoms with E-state index in [4.69, 9.17) is 9.05 Å². The van der Waals surface area contributed by atoms with Crippen LogP contribution in [-0.2, 0) is 19.8 Å². The molecule has 1 atom stereocenters. The van der Waals surface area contributed by atoms with Crippen LogP contribution in [-0.4, -0.2) is 12.2 Å². The predicted molar refractivity (Wildman–Crippen MR) is 109 cm³/mol. The number of halogens is 3. The van der Waals surface area contributed by atoms with E-state index >= 15 is 0 Å². The van der Waals surface area contributed by atoms with Gasteiger partial charge in [0, 0.05) is 5.69 Å². The number of rotatable bonds is 8. The topological polar surface area (TPSA) is 47.6 Å². The maximum atomic E-state index is 13.8. The summed E-state index contributed by atoms with van der Waals surface area (Å²) in [6, 6.07) is 12.0. The van der Waals surface area contributed by atoms with Crippen LogP contribution in [0.4, 0.5) is 18.9 Å². The third-order valence-corrected chi connectivity index (χ3v) is 6.41. The molecule has 0 spiro atoms. The SMILES string of the molecule is Cc1ccc([C@H](Nc2cccc(C(F)(F)F)c2)P(=O)(OC(C)C)OC(C)C)cc1. The molecule has 4 nitrogen and oxygen atoms in total. The van der Waals surface area contributed by atoms with E-state index in [1.54, 1.807) is 39.8 Å². The number of alkyl halides is 3. The van der Waals surface area contributed by atoms with Gasteiger partial charge in [-0.15, -0.1) is 0 Å². The second-order valence-electron chi connectivity index (χ2n) is 7.38. The van der Waals surface area contributed by atoms with E-state index in [1.165, 1.54) is 12.1 Å². The smallest absolute Gasteiger partial charge is 0.368 e. The summed E-state index contributed by atoms with van der Waals surface area (Å²) in [4.78, 5) is 0. The lowest BCUT2D eigenvalue weighted by molar-refractivity contribution is -0.137. The molecule has 0 aromatic heterocycles. The first-order chi connectivity index (χ1) is 13.4. The third kappa shape index (κ3) is 6.59. The number of nitrogens with one attached hydrogen (secondary N) is 1. The fourth-order valence-corrected chi connectivity index (χ4v) is 5.08. The number of anilines is 1. The molecule has 2 aromatic rings. The van der Waals surface area contributed by atoms with Gasteiger partial charge in [-0.1, -0.05) is 35.9 Å². The summed E-state index contributed by atoms with van der Waals surface area (Å²) in [6.45, 7) is 8.83. The summed E-state index contributed by atoms with van der Waals surface area (Å²) in [5, 5.41) is 2.97. The Kier molecular flexibility index (Phi) is 7.55. The molecule has 2 rings (SSSR count). The van der Waals surface area contributed by atoms with Gasteiger partial charge in [0.1, 0.15) is 0 Å². The van der Waals surface area contributed by atoms with Gasteiger partial charge in [0.25, 0.3) is 0 Å². The molecule has 0 unspecified atom stereocenters.